The van der Waals surface area contributed by atoms with Crippen LogP contribution in [-0.4, -0.2) is 46.3 Å². The Bertz CT molecular complexity index is 1010. The van der Waals surface area contributed by atoms with Crippen molar-refractivity contribution >= 4 is 11.7 Å². The predicted molar refractivity (Wildman–Crippen MR) is 140 cm³/mol. The number of dihydropyridines is 1. The highest BCUT2D eigenvalue weighted by molar-refractivity contribution is 5.98. The highest BCUT2D eigenvalue weighted by Crippen LogP contribution is 2.21. The summed E-state index contributed by atoms with van der Waals surface area (Å²) < 4.78 is 0. The quantitative estimate of drug-likeness (QED) is 0.482. The molecule has 6 heteroatoms. The molecule has 1 N–H and O–H groups in total. The van der Waals surface area contributed by atoms with E-state index in [1.807, 2.05) is 31.0 Å². The molecule has 4 heterocycles. The maximum atomic E-state index is 5.07. The number of allylic oxidation sites excluding steroid dienone is 2. The lowest BCUT2D eigenvalue weighted by Crippen LogP contribution is -2.40. The summed E-state index contributed by atoms with van der Waals surface area (Å²) in [7, 11) is 2.16. The van der Waals surface area contributed by atoms with Gasteiger partial charge in [0.25, 0.3) is 0 Å². The zero-order valence-electron chi connectivity index (χ0n) is 20.2. The van der Waals surface area contributed by atoms with Crippen LogP contribution >= 0.6 is 0 Å². The fourth-order valence-electron chi connectivity index (χ4n) is 4.46. The normalized spacial score (nSPS) is 17.6. The summed E-state index contributed by atoms with van der Waals surface area (Å²) in [6.07, 6.45) is 23.5. The monoisotopic (exact) mass is 456 g/mol. The van der Waals surface area contributed by atoms with Gasteiger partial charge in [0.05, 0.1) is 0 Å². The first-order chi connectivity index (χ1) is 16.8. The molecule has 0 aliphatic carbocycles. The van der Waals surface area contributed by atoms with Crippen molar-refractivity contribution in [3.63, 3.8) is 0 Å². The Balaban J connectivity index is 1.35. The lowest BCUT2D eigenvalue weighted by Gasteiger charge is -2.32. The van der Waals surface area contributed by atoms with Gasteiger partial charge in [-0.3, -0.25) is 9.97 Å². The lowest BCUT2D eigenvalue weighted by atomic mass is 10.0. The van der Waals surface area contributed by atoms with Crippen molar-refractivity contribution in [3.8, 4) is 0 Å². The number of aliphatic imine (C=N–C) groups is 2. The van der Waals surface area contributed by atoms with Gasteiger partial charge >= 0.3 is 0 Å². The molecule has 0 fully saturated rings. The number of aryl methyl sites for hydroxylation is 2. The molecule has 6 nitrogen and oxygen atoms in total. The van der Waals surface area contributed by atoms with Crippen molar-refractivity contribution in [3.05, 3.63) is 84.1 Å². The summed E-state index contributed by atoms with van der Waals surface area (Å²) in [4.78, 5) is 20.6. The van der Waals surface area contributed by atoms with Gasteiger partial charge in [0.2, 0.25) is 0 Å². The summed E-state index contributed by atoms with van der Waals surface area (Å²) >= 11 is 0. The van der Waals surface area contributed by atoms with E-state index in [-0.39, 0.29) is 6.17 Å². The molecule has 2 aromatic heterocycles. The molecule has 4 rings (SSSR count). The van der Waals surface area contributed by atoms with Crippen LogP contribution in [0.5, 0.6) is 0 Å². The SMILES string of the molecule is CN1C(CCCC2=CCNC=C2)=NC(CCCc2ccncc2)=NC1CCCc1ccncc1. The van der Waals surface area contributed by atoms with Gasteiger partial charge in [0.1, 0.15) is 17.8 Å². The molecule has 0 spiro atoms. The van der Waals surface area contributed by atoms with Gasteiger partial charge in [0, 0.05) is 51.2 Å². The molecule has 0 radical (unpaired) electrons. The molecule has 2 aliphatic heterocycles. The summed E-state index contributed by atoms with van der Waals surface area (Å²) in [6.45, 7) is 0.931. The van der Waals surface area contributed by atoms with E-state index in [1.54, 1.807) is 0 Å². The molecule has 34 heavy (non-hydrogen) atoms. The average Bonchev–Trinajstić information content (AvgIpc) is 2.88. The fraction of sp³-hybridized carbons (Fsp3) is 0.429. The number of aromatic nitrogens is 2. The van der Waals surface area contributed by atoms with Gasteiger partial charge in [-0.25, -0.2) is 9.98 Å². The fourth-order valence-corrected chi connectivity index (χ4v) is 4.46. The third-order valence-corrected chi connectivity index (χ3v) is 6.47. The lowest BCUT2D eigenvalue weighted by molar-refractivity contribution is 0.336. The van der Waals surface area contributed by atoms with Crippen LogP contribution in [0.2, 0.25) is 0 Å². The van der Waals surface area contributed by atoms with E-state index in [0.717, 1.165) is 70.2 Å². The number of pyridine rings is 2. The topological polar surface area (TPSA) is 65.8 Å². The standard InChI is InChI=1S/C28H36N6/c1-34-27(9-3-6-24-13-19-30-20-14-24)32-26(8-2-5-23-11-17-29-18-12-23)33-28(34)10-4-7-25-15-21-31-22-16-25/h11-21,27,31H,2-10,22H2,1H3. The number of rotatable bonds is 12. The maximum Gasteiger partial charge on any atom is 0.127 e. The molecule has 0 saturated heterocycles. The van der Waals surface area contributed by atoms with E-state index in [2.05, 4.69) is 63.6 Å². The van der Waals surface area contributed by atoms with E-state index in [1.165, 1.54) is 22.5 Å². The summed E-state index contributed by atoms with van der Waals surface area (Å²) in [5.74, 6) is 2.19. The van der Waals surface area contributed by atoms with Crippen molar-refractivity contribution in [1.29, 1.82) is 0 Å². The van der Waals surface area contributed by atoms with Crippen LogP contribution in [0, 0.1) is 0 Å². The first-order valence-electron chi connectivity index (χ1n) is 12.5. The van der Waals surface area contributed by atoms with Crippen LogP contribution in [0.3, 0.4) is 0 Å². The zero-order valence-corrected chi connectivity index (χ0v) is 20.2. The minimum Gasteiger partial charge on any atom is -0.387 e. The Morgan fingerprint density at radius 1 is 0.853 bits per heavy atom. The van der Waals surface area contributed by atoms with Crippen molar-refractivity contribution in [2.75, 3.05) is 13.6 Å². The first kappa shape index (κ1) is 23.9. The number of nitrogens with zero attached hydrogens (tertiary/aromatic N) is 5. The second-order valence-corrected chi connectivity index (χ2v) is 9.00. The van der Waals surface area contributed by atoms with Crippen molar-refractivity contribution in [2.45, 2.75) is 64.0 Å². The molecule has 0 saturated carbocycles. The minimum absolute atomic E-state index is 0.170. The van der Waals surface area contributed by atoms with Gasteiger partial charge < -0.3 is 10.2 Å². The molecule has 178 valence electrons. The first-order valence-corrected chi connectivity index (χ1v) is 12.5. The van der Waals surface area contributed by atoms with Gasteiger partial charge in [-0.2, -0.15) is 0 Å². The summed E-state index contributed by atoms with van der Waals surface area (Å²) in [5, 5.41) is 3.22. The summed E-state index contributed by atoms with van der Waals surface area (Å²) in [6, 6.07) is 8.40. The van der Waals surface area contributed by atoms with Crippen LogP contribution < -0.4 is 5.32 Å². The van der Waals surface area contributed by atoms with Gasteiger partial charge in [-0.05, 0) is 98.2 Å². The van der Waals surface area contributed by atoms with Gasteiger partial charge in [-0.1, -0.05) is 6.08 Å². The largest absolute Gasteiger partial charge is 0.387 e. The van der Waals surface area contributed by atoms with Crippen LogP contribution in [0.15, 0.2) is 83.0 Å². The van der Waals surface area contributed by atoms with E-state index in [0.29, 0.717) is 0 Å². The summed E-state index contributed by atoms with van der Waals surface area (Å²) in [5.41, 5.74) is 4.08. The second kappa shape index (κ2) is 12.8. The third kappa shape index (κ3) is 7.37. The van der Waals surface area contributed by atoms with Gasteiger partial charge in [-0.15, -0.1) is 0 Å². The maximum absolute atomic E-state index is 5.07. The third-order valence-electron chi connectivity index (χ3n) is 6.47. The Morgan fingerprint density at radius 3 is 2.21 bits per heavy atom. The molecule has 2 aromatic rings. The number of hydrogen-bond acceptors (Lipinski definition) is 6. The zero-order chi connectivity index (χ0) is 23.4. The number of amidine groups is 2. The molecule has 0 aromatic carbocycles. The van der Waals surface area contributed by atoms with Crippen LogP contribution in [-0.2, 0) is 12.8 Å². The Hall–Kier alpha value is -3.28. The van der Waals surface area contributed by atoms with E-state index < -0.39 is 0 Å². The van der Waals surface area contributed by atoms with Crippen LogP contribution in [0.1, 0.15) is 56.1 Å². The van der Waals surface area contributed by atoms with Crippen LogP contribution in [0.4, 0.5) is 0 Å². The van der Waals surface area contributed by atoms with E-state index in [4.69, 9.17) is 9.98 Å². The number of hydrogen-bond donors (Lipinski definition) is 1. The van der Waals surface area contributed by atoms with E-state index >= 15 is 0 Å². The smallest absolute Gasteiger partial charge is 0.127 e. The van der Waals surface area contributed by atoms with Crippen molar-refractivity contribution in [2.24, 2.45) is 9.98 Å². The highest BCUT2D eigenvalue weighted by atomic mass is 15.3. The highest BCUT2D eigenvalue weighted by Gasteiger charge is 2.22. The Kier molecular flexibility index (Phi) is 9.00. The predicted octanol–water partition coefficient (Wildman–Crippen LogP) is 5.10. The molecule has 0 bridgehead atoms. The molecule has 0 amide bonds. The molecule has 2 aliphatic rings. The molecular weight excluding hydrogens is 420 g/mol. The van der Waals surface area contributed by atoms with Crippen molar-refractivity contribution in [1.82, 2.24) is 20.2 Å². The average molecular weight is 457 g/mol. The van der Waals surface area contributed by atoms with Crippen LogP contribution in [0.25, 0.3) is 0 Å². The van der Waals surface area contributed by atoms with Crippen molar-refractivity contribution < 1.29 is 0 Å². The second-order valence-electron chi connectivity index (χ2n) is 9.00. The molecular formula is C28H36N6. The molecule has 1 atom stereocenters. The van der Waals surface area contributed by atoms with Gasteiger partial charge in [0.15, 0.2) is 0 Å². The van der Waals surface area contributed by atoms with E-state index in [9.17, 15) is 0 Å². The Morgan fingerprint density at radius 2 is 1.53 bits per heavy atom. The molecule has 1 unspecified atom stereocenters. The Labute approximate surface area is 203 Å². The number of nitrogens with one attached hydrogen (secondary N) is 1. The minimum atomic E-state index is 0.170.